The summed E-state index contributed by atoms with van der Waals surface area (Å²) in [6.07, 6.45) is 1.95. The summed E-state index contributed by atoms with van der Waals surface area (Å²) in [6, 6.07) is 11.3. The molecule has 1 fully saturated rings. The maximum absolute atomic E-state index is 12.7. The molecule has 1 aliphatic rings. The summed E-state index contributed by atoms with van der Waals surface area (Å²) in [6.45, 7) is 1.28. The molecule has 0 aliphatic carbocycles. The van der Waals surface area contributed by atoms with Crippen molar-refractivity contribution in [1.82, 2.24) is 19.0 Å². The number of likely N-dealkylation sites (tertiary alicyclic amines) is 1. The first-order chi connectivity index (χ1) is 14.9. The van der Waals surface area contributed by atoms with Crippen LogP contribution in [0.25, 0.3) is 11.0 Å². The molecule has 1 saturated heterocycles. The standard InChI is InChI=1S/C23H26N4O4/c1-25-21-18(22(29)26(2)23(25)30)9-10-19(24-21)16-12-13-27(14-16)20(28)11-6-15-4-7-17(31-3)8-5-15/h4-5,7-10,16H,6,11-14H2,1-3H3. The second-order valence-corrected chi connectivity index (χ2v) is 7.99. The minimum absolute atomic E-state index is 0.0912. The van der Waals surface area contributed by atoms with E-state index in [4.69, 9.17) is 4.74 Å². The van der Waals surface area contributed by atoms with Crippen LogP contribution in [0, 0.1) is 0 Å². The molecule has 0 N–H and O–H groups in total. The molecular weight excluding hydrogens is 396 g/mol. The van der Waals surface area contributed by atoms with Crippen molar-refractivity contribution in [2.75, 3.05) is 20.2 Å². The number of aryl methyl sites for hydroxylation is 2. The van der Waals surface area contributed by atoms with Crippen molar-refractivity contribution in [3.63, 3.8) is 0 Å². The number of methoxy groups -OCH3 is 1. The van der Waals surface area contributed by atoms with Crippen molar-refractivity contribution < 1.29 is 9.53 Å². The molecule has 3 heterocycles. The largest absolute Gasteiger partial charge is 0.497 e. The van der Waals surface area contributed by atoms with Crippen LogP contribution in [0.4, 0.5) is 0 Å². The lowest BCUT2D eigenvalue weighted by Crippen LogP contribution is -2.37. The van der Waals surface area contributed by atoms with Crippen molar-refractivity contribution in [1.29, 1.82) is 0 Å². The number of ether oxygens (including phenoxy) is 1. The van der Waals surface area contributed by atoms with Crippen LogP contribution >= 0.6 is 0 Å². The number of aromatic nitrogens is 3. The highest BCUT2D eigenvalue weighted by Gasteiger charge is 2.28. The van der Waals surface area contributed by atoms with Crippen molar-refractivity contribution in [3.8, 4) is 5.75 Å². The fourth-order valence-corrected chi connectivity index (χ4v) is 4.13. The van der Waals surface area contributed by atoms with Crippen molar-refractivity contribution in [2.45, 2.75) is 25.2 Å². The molecule has 1 atom stereocenters. The fourth-order valence-electron chi connectivity index (χ4n) is 4.13. The van der Waals surface area contributed by atoms with Crippen LogP contribution in [-0.2, 0) is 25.3 Å². The van der Waals surface area contributed by atoms with E-state index in [2.05, 4.69) is 4.98 Å². The smallest absolute Gasteiger partial charge is 0.332 e. The van der Waals surface area contributed by atoms with Gasteiger partial charge in [-0.05, 0) is 42.7 Å². The maximum atomic E-state index is 12.7. The van der Waals surface area contributed by atoms with Gasteiger partial charge in [-0.25, -0.2) is 9.78 Å². The fraction of sp³-hybridized carbons (Fsp3) is 0.391. The van der Waals surface area contributed by atoms with Crippen LogP contribution in [0.3, 0.4) is 0 Å². The van der Waals surface area contributed by atoms with Crippen LogP contribution in [0.1, 0.15) is 30.0 Å². The summed E-state index contributed by atoms with van der Waals surface area (Å²) < 4.78 is 7.65. The molecule has 8 heteroatoms. The molecule has 0 bridgehead atoms. The van der Waals surface area contributed by atoms with E-state index in [0.717, 1.165) is 28.0 Å². The van der Waals surface area contributed by atoms with Crippen LogP contribution in [-0.4, -0.2) is 45.1 Å². The number of nitrogens with zero attached hydrogens (tertiary/aromatic N) is 4. The first-order valence-electron chi connectivity index (χ1n) is 10.4. The Kier molecular flexibility index (Phi) is 5.63. The van der Waals surface area contributed by atoms with Crippen LogP contribution in [0.5, 0.6) is 5.75 Å². The molecule has 4 rings (SSSR count). The minimum Gasteiger partial charge on any atom is -0.497 e. The summed E-state index contributed by atoms with van der Waals surface area (Å²) in [7, 11) is 4.71. The van der Waals surface area contributed by atoms with E-state index >= 15 is 0 Å². The molecule has 1 amide bonds. The van der Waals surface area contributed by atoms with Crippen LogP contribution in [0.2, 0.25) is 0 Å². The second-order valence-electron chi connectivity index (χ2n) is 7.99. The van der Waals surface area contributed by atoms with E-state index in [1.54, 1.807) is 20.2 Å². The normalized spacial score (nSPS) is 16.1. The Labute approximate surface area is 179 Å². The predicted molar refractivity (Wildman–Crippen MR) is 117 cm³/mol. The molecule has 0 radical (unpaired) electrons. The molecule has 1 aliphatic heterocycles. The summed E-state index contributed by atoms with van der Waals surface area (Å²) in [5, 5.41) is 0.416. The zero-order chi connectivity index (χ0) is 22.1. The third kappa shape index (κ3) is 3.97. The molecule has 0 saturated carbocycles. The molecular formula is C23H26N4O4. The lowest BCUT2D eigenvalue weighted by molar-refractivity contribution is -0.130. The lowest BCUT2D eigenvalue weighted by atomic mass is 10.0. The first-order valence-corrected chi connectivity index (χ1v) is 10.4. The van der Waals surface area contributed by atoms with Gasteiger partial charge in [0.25, 0.3) is 5.56 Å². The van der Waals surface area contributed by atoms with Gasteiger partial charge in [-0.1, -0.05) is 12.1 Å². The molecule has 3 aromatic rings. The number of rotatable bonds is 5. The Morgan fingerprint density at radius 2 is 1.84 bits per heavy atom. The van der Waals surface area contributed by atoms with E-state index in [0.29, 0.717) is 37.0 Å². The average Bonchev–Trinajstić information content (AvgIpc) is 3.30. The number of carbonyl (C=O) groups is 1. The summed E-state index contributed by atoms with van der Waals surface area (Å²) in [5.74, 6) is 1.02. The number of amides is 1. The van der Waals surface area contributed by atoms with E-state index in [1.807, 2.05) is 35.2 Å². The Morgan fingerprint density at radius 3 is 2.55 bits per heavy atom. The zero-order valence-electron chi connectivity index (χ0n) is 18.0. The van der Waals surface area contributed by atoms with Crippen LogP contribution < -0.4 is 16.0 Å². The quantitative estimate of drug-likeness (QED) is 0.623. The zero-order valence-corrected chi connectivity index (χ0v) is 18.0. The number of fused-ring (bicyclic) bond motifs is 1. The number of hydrogen-bond acceptors (Lipinski definition) is 5. The van der Waals surface area contributed by atoms with Gasteiger partial charge in [-0.15, -0.1) is 0 Å². The van der Waals surface area contributed by atoms with Gasteiger partial charge in [0.15, 0.2) is 0 Å². The SMILES string of the molecule is COc1ccc(CCC(=O)N2CCC(c3ccc4c(=O)n(C)c(=O)n(C)c4n3)C2)cc1. The maximum Gasteiger partial charge on any atom is 0.332 e. The number of hydrogen-bond donors (Lipinski definition) is 0. The van der Waals surface area contributed by atoms with Crippen molar-refractivity contribution >= 4 is 16.9 Å². The third-order valence-electron chi connectivity index (χ3n) is 6.07. The van der Waals surface area contributed by atoms with Crippen molar-refractivity contribution in [3.05, 3.63) is 68.5 Å². The van der Waals surface area contributed by atoms with E-state index in [-0.39, 0.29) is 17.4 Å². The highest BCUT2D eigenvalue weighted by atomic mass is 16.5. The van der Waals surface area contributed by atoms with E-state index < -0.39 is 5.69 Å². The van der Waals surface area contributed by atoms with Gasteiger partial charge >= 0.3 is 5.69 Å². The summed E-state index contributed by atoms with van der Waals surface area (Å²) in [4.78, 5) is 43.8. The predicted octanol–water partition coefficient (Wildman–Crippen LogP) is 1.59. The molecule has 8 nitrogen and oxygen atoms in total. The number of pyridine rings is 1. The Balaban J connectivity index is 1.45. The summed E-state index contributed by atoms with van der Waals surface area (Å²) >= 11 is 0. The summed E-state index contributed by atoms with van der Waals surface area (Å²) in [5.41, 5.74) is 1.54. The van der Waals surface area contributed by atoms with Crippen molar-refractivity contribution in [2.24, 2.45) is 14.1 Å². The van der Waals surface area contributed by atoms with Crippen LogP contribution in [0.15, 0.2) is 46.0 Å². The highest BCUT2D eigenvalue weighted by Crippen LogP contribution is 2.27. The molecule has 0 spiro atoms. The Bertz CT molecular complexity index is 1240. The van der Waals surface area contributed by atoms with Gasteiger partial charge < -0.3 is 9.64 Å². The Morgan fingerprint density at radius 1 is 1.10 bits per heavy atom. The average molecular weight is 422 g/mol. The first kappa shape index (κ1) is 20.8. The van der Waals surface area contributed by atoms with Gasteiger partial charge in [-0.3, -0.25) is 18.7 Å². The number of carbonyl (C=O) groups excluding carboxylic acids is 1. The monoisotopic (exact) mass is 422 g/mol. The molecule has 1 unspecified atom stereocenters. The van der Waals surface area contributed by atoms with Gasteiger partial charge in [0, 0.05) is 45.2 Å². The van der Waals surface area contributed by atoms with E-state index in [9.17, 15) is 14.4 Å². The minimum atomic E-state index is -0.399. The van der Waals surface area contributed by atoms with Gasteiger partial charge in [0.05, 0.1) is 12.5 Å². The lowest BCUT2D eigenvalue weighted by Gasteiger charge is -2.17. The molecule has 2 aromatic heterocycles. The van der Waals surface area contributed by atoms with Gasteiger partial charge in [0.1, 0.15) is 11.4 Å². The van der Waals surface area contributed by atoms with E-state index in [1.165, 1.54) is 11.6 Å². The molecule has 31 heavy (non-hydrogen) atoms. The topological polar surface area (TPSA) is 86.4 Å². The Hall–Kier alpha value is -3.42. The van der Waals surface area contributed by atoms with Gasteiger partial charge in [-0.2, -0.15) is 0 Å². The van der Waals surface area contributed by atoms with Gasteiger partial charge in [0.2, 0.25) is 5.91 Å². The molecule has 1 aromatic carbocycles. The number of benzene rings is 1. The highest BCUT2D eigenvalue weighted by molar-refractivity contribution is 5.77. The molecule has 162 valence electrons. The second kappa shape index (κ2) is 8.37. The third-order valence-corrected chi connectivity index (χ3v) is 6.07.